The molecule has 0 unspecified atom stereocenters. The SMILES string of the molecule is COc1ccc(C(=O)N2CCCC2)cc1S(=O)(=O)N1CCCCCC1. The Kier molecular flexibility index (Phi) is 5.64. The molecule has 7 heteroatoms. The monoisotopic (exact) mass is 366 g/mol. The van der Waals surface area contributed by atoms with Gasteiger partial charge in [-0.3, -0.25) is 4.79 Å². The Morgan fingerprint density at radius 1 is 0.960 bits per heavy atom. The Bertz CT molecular complexity index is 719. The molecule has 2 aliphatic heterocycles. The van der Waals surface area contributed by atoms with E-state index in [4.69, 9.17) is 4.74 Å². The maximum Gasteiger partial charge on any atom is 0.253 e. The maximum absolute atomic E-state index is 13.1. The molecule has 25 heavy (non-hydrogen) atoms. The molecule has 138 valence electrons. The first-order valence-electron chi connectivity index (χ1n) is 9.01. The van der Waals surface area contributed by atoms with Crippen LogP contribution in [0.3, 0.4) is 0 Å². The highest BCUT2D eigenvalue weighted by Gasteiger charge is 2.30. The van der Waals surface area contributed by atoms with E-state index in [0.29, 0.717) is 24.4 Å². The van der Waals surface area contributed by atoms with E-state index < -0.39 is 10.0 Å². The van der Waals surface area contributed by atoms with Gasteiger partial charge >= 0.3 is 0 Å². The summed E-state index contributed by atoms with van der Waals surface area (Å²) in [6.45, 7) is 2.52. The highest BCUT2D eigenvalue weighted by molar-refractivity contribution is 7.89. The van der Waals surface area contributed by atoms with E-state index in [2.05, 4.69) is 0 Å². The first kappa shape index (κ1) is 18.2. The van der Waals surface area contributed by atoms with Gasteiger partial charge in [0.1, 0.15) is 10.6 Å². The molecule has 2 aliphatic rings. The quantitative estimate of drug-likeness (QED) is 0.821. The van der Waals surface area contributed by atoms with Crippen LogP contribution in [0.25, 0.3) is 0 Å². The summed E-state index contributed by atoms with van der Waals surface area (Å²) in [7, 11) is -2.21. The van der Waals surface area contributed by atoms with Crippen molar-refractivity contribution < 1.29 is 17.9 Å². The summed E-state index contributed by atoms with van der Waals surface area (Å²) < 4.78 is 33.1. The van der Waals surface area contributed by atoms with Crippen molar-refractivity contribution in [2.45, 2.75) is 43.4 Å². The predicted octanol–water partition coefficient (Wildman–Crippen LogP) is 2.50. The number of hydrogen-bond donors (Lipinski definition) is 0. The van der Waals surface area contributed by atoms with E-state index >= 15 is 0 Å². The van der Waals surface area contributed by atoms with Gasteiger partial charge in [-0.05, 0) is 43.9 Å². The van der Waals surface area contributed by atoms with Crippen LogP contribution >= 0.6 is 0 Å². The maximum atomic E-state index is 13.1. The summed E-state index contributed by atoms with van der Waals surface area (Å²) in [5.74, 6) is 0.190. The third-order valence-electron chi connectivity index (χ3n) is 4.99. The molecule has 6 nitrogen and oxygen atoms in total. The fraction of sp³-hybridized carbons (Fsp3) is 0.611. The molecule has 0 aromatic heterocycles. The van der Waals surface area contributed by atoms with Gasteiger partial charge in [0.25, 0.3) is 5.91 Å². The minimum Gasteiger partial charge on any atom is -0.495 e. The highest BCUT2D eigenvalue weighted by Crippen LogP contribution is 2.30. The van der Waals surface area contributed by atoms with Crippen molar-refractivity contribution in [3.8, 4) is 5.75 Å². The van der Waals surface area contributed by atoms with Crippen LogP contribution in [-0.2, 0) is 10.0 Å². The van der Waals surface area contributed by atoms with Gasteiger partial charge in [-0.25, -0.2) is 8.42 Å². The fourth-order valence-corrected chi connectivity index (χ4v) is 5.23. The summed E-state index contributed by atoms with van der Waals surface area (Å²) >= 11 is 0. The van der Waals surface area contributed by atoms with Gasteiger partial charge in [0, 0.05) is 31.7 Å². The summed E-state index contributed by atoms with van der Waals surface area (Å²) in [4.78, 5) is 14.5. The molecule has 1 amide bonds. The lowest BCUT2D eigenvalue weighted by Gasteiger charge is -2.22. The number of amides is 1. The smallest absolute Gasteiger partial charge is 0.253 e. The van der Waals surface area contributed by atoms with Gasteiger partial charge in [0.15, 0.2) is 0 Å². The molecule has 0 spiro atoms. The summed E-state index contributed by atoms with van der Waals surface area (Å²) in [5.41, 5.74) is 0.413. The third kappa shape index (κ3) is 3.82. The first-order chi connectivity index (χ1) is 12.0. The Balaban J connectivity index is 1.95. The number of carbonyl (C=O) groups excluding carboxylic acids is 1. The second-order valence-corrected chi connectivity index (χ2v) is 8.59. The molecule has 2 fully saturated rings. The fourth-order valence-electron chi connectivity index (χ4n) is 3.54. The molecule has 1 aromatic rings. The standard InChI is InChI=1S/C18H26N2O4S/c1-24-16-9-8-15(18(21)19-10-6-7-11-19)14-17(16)25(22,23)20-12-4-2-3-5-13-20/h8-9,14H,2-7,10-13H2,1H3. The van der Waals surface area contributed by atoms with Crippen molar-refractivity contribution in [2.75, 3.05) is 33.3 Å². The normalized spacial score (nSPS) is 19.6. The van der Waals surface area contributed by atoms with Crippen molar-refractivity contribution in [1.82, 2.24) is 9.21 Å². The molecule has 1 aromatic carbocycles. The second kappa shape index (κ2) is 7.74. The number of hydrogen-bond acceptors (Lipinski definition) is 4. The molecule has 0 N–H and O–H groups in total. The lowest BCUT2D eigenvalue weighted by atomic mass is 10.2. The number of likely N-dealkylation sites (tertiary alicyclic amines) is 1. The average Bonchev–Trinajstić information content (AvgIpc) is 3.02. The van der Waals surface area contributed by atoms with Crippen molar-refractivity contribution in [1.29, 1.82) is 0 Å². The van der Waals surface area contributed by atoms with E-state index in [9.17, 15) is 13.2 Å². The van der Waals surface area contributed by atoms with E-state index in [1.807, 2.05) is 0 Å². The third-order valence-corrected chi connectivity index (χ3v) is 6.91. The topological polar surface area (TPSA) is 66.9 Å². The second-order valence-electron chi connectivity index (χ2n) is 6.68. The Labute approximate surface area is 149 Å². The van der Waals surface area contributed by atoms with Gasteiger partial charge in [0.2, 0.25) is 10.0 Å². The first-order valence-corrected chi connectivity index (χ1v) is 10.5. The molecule has 0 radical (unpaired) electrons. The van der Waals surface area contributed by atoms with Gasteiger partial charge in [-0.2, -0.15) is 4.31 Å². The highest BCUT2D eigenvalue weighted by atomic mass is 32.2. The molecule has 2 heterocycles. The molecule has 0 saturated carbocycles. The molecule has 2 saturated heterocycles. The lowest BCUT2D eigenvalue weighted by molar-refractivity contribution is 0.0792. The largest absolute Gasteiger partial charge is 0.495 e. The number of benzene rings is 1. The summed E-state index contributed by atoms with van der Waals surface area (Å²) in [6.07, 6.45) is 5.84. The van der Waals surface area contributed by atoms with Crippen LogP contribution in [-0.4, -0.2) is 56.8 Å². The predicted molar refractivity (Wildman–Crippen MR) is 95.4 cm³/mol. The zero-order valence-corrected chi connectivity index (χ0v) is 15.6. The van der Waals surface area contributed by atoms with Crippen molar-refractivity contribution in [3.63, 3.8) is 0 Å². The number of sulfonamides is 1. The number of ether oxygens (including phenoxy) is 1. The number of rotatable bonds is 4. The average molecular weight is 366 g/mol. The van der Waals surface area contributed by atoms with Crippen LogP contribution in [0.15, 0.2) is 23.1 Å². The Morgan fingerprint density at radius 2 is 1.56 bits per heavy atom. The van der Waals surface area contributed by atoms with Crippen molar-refractivity contribution in [3.05, 3.63) is 23.8 Å². The summed E-state index contributed by atoms with van der Waals surface area (Å²) in [6, 6.07) is 4.73. The van der Waals surface area contributed by atoms with Gasteiger partial charge in [0.05, 0.1) is 7.11 Å². The Hall–Kier alpha value is -1.60. The molecule has 0 bridgehead atoms. The number of nitrogens with zero attached hydrogens (tertiary/aromatic N) is 2. The van der Waals surface area contributed by atoms with Crippen molar-refractivity contribution >= 4 is 15.9 Å². The lowest BCUT2D eigenvalue weighted by Crippen LogP contribution is -2.33. The molecule has 0 atom stereocenters. The zero-order valence-electron chi connectivity index (χ0n) is 14.7. The zero-order chi connectivity index (χ0) is 17.9. The van der Waals surface area contributed by atoms with Gasteiger partial charge in [-0.1, -0.05) is 12.8 Å². The van der Waals surface area contributed by atoms with Crippen LogP contribution in [0.4, 0.5) is 0 Å². The molecular formula is C18H26N2O4S. The molecular weight excluding hydrogens is 340 g/mol. The Morgan fingerprint density at radius 3 is 2.16 bits per heavy atom. The van der Waals surface area contributed by atoms with Gasteiger partial charge in [-0.15, -0.1) is 0 Å². The minimum atomic E-state index is -3.67. The number of carbonyl (C=O) groups is 1. The van der Waals surface area contributed by atoms with Crippen LogP contribution in [0.2, 0.25) is 0 Å². The van der Waals surface area contributed by atoms with E-state index in [0.717, 1.165) is 51.6 Å². The minimum absolute atomic E-state index is 0.0990. The van der Waals surface area contributed by atoms with Crippen LogP contribution < -0.4 is 4.74 Å². The van der Waals surface area contributed by atoms with Crippen LogP contribution in [0, 0.1) is 0 Å². The van der Waals surface area contributed by atoms with E-state index in [-0.39, 0.29) is 10.8 Å². The number of methoxy groups -OCH3 is 1. The molecule has 3 rings (SSSR count). The van der Waals surface area contributed by atoms with E-state index in [1.165, 1.54) is 17.5 Å². The van der Waals surface area contributed by atoms with Crippen LogP contribution in [0.5, 0.6) is 5.75 Å². The molecule has 0 aliphatic carbocycles. The van der Waals surface area contributed by atoms with Gasteiger partial charge < -0.3 is 9.64 Å². The van der Waals surface area contributed by atoms with Crippen LogP contribution in [0.1, 0.15) is 48.9 Å². The van der Waals surface area contributed by atoms with E-state index in [1.54, 1.807) is 17.0 Å². The summed E-state index contributed by atoms with van der Waals surface area (Å²) in [5, 5.41) is 0. The van der Waals surface area contributed by atoms with Crippen molar-refractivity contribution in [2.24, 2.45) is 0 Å².